The van der Waals surface area contributed by atoms with E-state index in [2.05, 4.69) is 0 Å². The second kappa shape index (κ2) is 5.52. The molecule has 0 saturated carbocycles. The van der Waals surface area contributed by atoms with Crippen LogP contribution in [0.2, 0.25) is 5.02 Å². The number of carboxylic acids is 1. The van der Waals surface area contributed by atoms with E-state index >= 15 is 0 Å². The Kier molecular flexibility index (Phi) is 4.54. The lowest BCUT2D eigenvalue weighted by Gasteiger charge is -2.21. The normalized spacial score (nSPS) is 11.5. The molecule has 1 aromatic rings. The van der Waals surface area contributed by atoms with Crippen LogP contribution in [0.25, 0.3) is 0 Å². The molecule has 0 spiro atoms. The molecule has 17 heavy (non-hydrogen) atoms. The van der Waals surface area contributed by atoms with Crippen molar-refractivity contribution >= 4 is 17.6 Å². The maximum atomic E-state index is 11.1. The van der Waals surface area contributed by atoms with Crippen molar-refractivity contribution in [1.29, 1.82) is 0 Å². The molecule has 0 amide bonds. The fourth-order valence-corrected chi connectivity index (χ4v) is 1.80. The minimum absolute atomic E-state index is 0.436. The molecular formula is C13H17ClO3. The largest absolute Gasteiger partial charge is 0.481 e. The van der Waals surface area contributed by atoms with Gasteiger partial charge in [0.05, 0.1) is 12.0 Å². The van der Waals surface area contributed by atoms with Crippen molar-refractivity contribution in [1.82, 2.24) is 0 Å². The predicted molar refractivity (Wildman–Crippen MR) is 67.3 cm³/mol. The van der Waals surface area contributed by atoms with Crippen LogP contribution in [-0.2, 0) is 22.6 Å². The van der Waals surface area contributed by atoms with Crippen LogP contribution in [0.1, 0.15) is 25.0 Å². The number of carbonyl (C=O) groups is 1. The Labute approximate surface area is 106 Å². The summed E-state index contributed by atoms with van der Waals surface area (Å²) < 4.78 is 5.09. The predicted octanol–water partition coefficient (Wildman–Crippen LogP) is 3.14. The van der Waals surface area contributed by atoms with Gasteiger partial charge in [-0.25, -0.2) is 0 Å². The third kappa shape index (κ3) is 3.72. The number of methoxy groups -OCH3 is 1. The Bertz CT molecular complexity index is 413. The monoisotopic (exact) mass is 256 g/mol. The second-order valence-corrected chi connectivity index (χ2v) is 5.15. The van der Waals surface area contributed by atoms with Crippen LogP contribution >= 0.6 is 11.6 Å². The number of benzene rings is 1. The van der Waals surface area contributed by atoms with Gasteiger partial charge < -0.3 is 9.84 Å². The van der Waals surface area contributed by atoms with Crippen molar-refractivity contribution in [3.05, 3.63) is 34.3 Å². The summed E-state index contributed by atoms with van der Waals surface area (Å²) >= 11 is 5.91. The minimum Gasteiger partial charge on any atom is -0.481 e. The van der Waals surface area contributed by atoms with E-state index < -0.39 is 11.4 Å². The molecule has 3 nitrogen and oxygen atoms in total. The Morgan fingerprint density at radius 3 is 2.59 bits per heavy atom. The summed E-state index contributed by atoms with van der Waals surface area (Å²) in [4.78, 5) is 11.1. The molecule has 1 aromatic carbocycles. The quantitative estimate of drug-likeness (QED) is 0.880. The lowest BCUT2D eigenvalue weighted by Crippen LogP contribution is -2.26. The van der Waals surface area contributed by atoms with Crippen molar-refractivity contribution in [3.63, 3.8) is 0 Å². The summed E-state index contributed by atoms with van der Waals surface area (Å²) in [6.45, 7) is 3.85. The number of aliphatic carboxylic acids is 1. The molecule has 0 bridgehead atoms. The molecule has 0 radical (unpaired) electrons. The first-order valence-corrected chi connectivity index (χ1v) is 5.74. The molecule has 1 rings (SSSR count). The molecule has 0 saturated heterocycles. The number of halogens is 1. The zero-order valence-corrected chi connectivity index (χ0v) is 11.0. The van der Waals surface area contributed by atoms with E-state index in [0.29, 0.717) is 18.1 Å². The molecule has 0 fully saturated rings. The summed E-state index contributed by atoms with van der Waals surface area (Å²) in [5, 5.41) is 9.75. The number of carboxylic acid groups (broad SMARTS) is 1. The van der Waals surface area contributed by atoms with Crippen molar-refractivity contribution in [2.45, 2.75) is 26.9 Å². The number of rotatable bonds is 5. The lowest BCUT2D eigenvalue weighted by atomic mass is 9.84. The molecule has 4 heteroatoms. The first kappa shape index (κ1) is 14.0. The zero-order valence-electron chi connectivity index (χ0n) is 10.3. The van der Waals surface area contributed by atoms with E-state index in [1.807, 2.05) is 12.1 Å². The van der Waals surface area contributed by atoms with Crippen LogP contribution in [0, 0.1) is 5.41 Å². The average molecular weight is 257 g/mol. The summed E-state index contributed by atoms with van der Waals surface area (Å²) in [6, 6.07) is 5.45. The summed E-state index contributed by atoms with van der Waals surface area (Å²) in [7, 11) is 1.60. The molecule has 1 N–H and O–H groups in total. The Hall–Kier alpha value is -1.06. The lowest BCUT2D eigenvalue weighted by molar-refractivity contribution is -0.146. The molecular weight excluding hydrogens is 240 g/mol. The SMILES string of the molecule is COCc1cc(Cl)ccc1CC(C)(C)C(=O)O. The van der Waals surface area contributed by atoms with E-state index in [1.54, 1.807) is 27.0 Å². The highest BCUT2D eigenvalue weighted by atomic mass is 35.5. The van der Waals surface area contributed by atoms with Crippen molar-refractivity contribution in [2.75, 3.05) is 7.11 Å². The van der Waals surface area contributed by atoms with E-state index in [4.69, 9.17) is 21.4 Å². The van der Waals surface area contributed by atoms with Crippen LogP contribution < -0.4 is 0 Å². The standard InChI is InChI=1S/C13H17ClO3/c1-13(2,12(15)16)7-9-4-5-11(14)6-10(9)8-17-3/h4-6H,7-8H2,1-3H3,(H,15,16). The van der Waals surface area contributed by atoms with Gasteiger partial charge in [0.2, 0.25) is 0 Å². The van der Waals surface area contributed by atoms with Gasteiger partial charge in [-0.15, -0.1) is 0 Å². The van der Waals surface area contributed by atoms with Crippen LogP contribution in [0.15, 0.2) is 18.2 Å². The maximum absolute atomic E-state index is 11.1. The average Bonchev–Trinajstić information content (AvgIpc) is 2.22. The third-order valence-corrected chi connectivity index (χ3v) is 2.91. The highest BCUT2D eigenvalue weighted by molar-refractivity contribution is 6.30. The molecule has 94 valence electrons. The number of ether oxygens (including phenoxy) is 1. The summed E-state index contributed by atoms with van der Waals surface area (Å²) in [5.74, 6) is -0.809. The van der Waals surface area contributed by atoms with Gasteiger partial charge in [0, 0.05) is 12.1 Å². The van der Waals surface area contributed by atoms with Gasteiger partial charge in [-0.05, 0) is 43.5 Å². The van der Waals surface area contributed by atoms with Gasteiger partial charge in [0.1, 0.15) is 0 Å². The highest BCUT2D eigenvalue weighted by Gasteiger charge is 2.28. The maximum Gasteiger partial charge on any atom is 0.309 e. The van der Waals surface area contributed by atoms with Gasteiger partial charge in [-0.2, -0.15) is 0 Å². The Balaban J connectivity index is 3.01. The van der Waals surface area contributed by atoms with Gasteiger partial charge >= 0.3 is 5.97 Å². The summed E-state index contributed by atoms with van der Waals surface area (Å²) in [5.41, 5.74) is 1.11. The topological polar surface area (TPSA) is 46.5 Å². The van der Waals surface area contributed by atoms with Gasteiger partial charge in [-0.1, -0.05) is 17.7 Å². The van der Waals surface area contributed by atoms with Gasteiger partial charge in [-0.3, -0.25) is 4.79 Å². The molecule has 0 aliphatic rings. The smallest absolute Gasteiger partial charge is 0.309 e. The first-order chi connectivity index (χ1) is 7.86. The molecule has 0 heterocycles. The van der Waals surface area contributed by atoms with Crippen LogP contribution in [0.4, 0.5) is 0 Å². The molecule has 0 unspecified atom stereocenters. The third-order valence-electron chi connectivity index (χ3n) is 2.68. The van der Waals surface area contributed by atoms with E-state index in [-0.39, 0.29) is 0 Å². The zero-order chi connectivity index (χ0) is 13.1. The van der Waals surface area contributed by atoms with E-state index in [9.17, 15) is 4.79 Å². The number of hydrogen-bond acceptors (Lipinski definition) is 2. The minimum atomic E-state index is -0.809. The van der Waals surface area contributed by atoms with Crippen molar-refractivity contribution < 1.29 is 14.6 Å². The molecule has 0 aliphatic carbocycles. The fourth-order valence-electron chi connectivity index (χ4n) is 1.61. The Morgan fingerprint density at radius 2 is 2.06 bits per heavy atom. The van der Waals surface area contributed by atoms with Gasteiger partial charge in [0.15, 0.2) is 0 Å². The van der Waals surface area contributed by atoms with Crippen LogP contribution in [0.5, 0.6) is 0 Å². The van der Waals surface area contributed by atoms with E-state index in [1.165, 1.54) is 0 Å². The molecule has 0 aliphatic heterocycles. The summed E-state index contributed by atoms with van der Waals surface area (Å²) in [6.07, 6.45) is 0.457. The number of hydrogen-bond donors (Lipinski definition) is 1. The molecule has 0 aromatic heterocycles. The Morgan fingerprint density at radius 1 is 1.41 bits per heavy atom. The van der Waals surface area contributed by atoms with Crippen LogP contribution in [-0.4, -0.2) is 18.2 Å². The highest BCUT2D eigenvalue weighted by Crippen LogP contribution is 2.26. The van der Waals surface area contributed by atoms with E-state index in [0.717, 1.165) is 11.1 Å². The van der Waals surface area contributed by atoms with Crippen molar-refractivity contribution in [3.8, 4) is 0 Å². The molecule has 0 atom stereocenters. The van der Waals surface area contributed by atoms with Crippen molar-refractivity contribution in [2.24, 2.45) is 5.41 Å². The fraction of sp³-hybridized carbons (Fsp3) is 0.462. The van der Waals surface area contributed by atoms with Crippen LogP contribution in [0.3, 0.4) is 0 Å². The second-order valence-electron chi connectivity index (χ2n) is 4.71. The first-order valence-electron chi connectivity index (χ1n) is 5.36. The van der Waals surface area contributed by atoms with Gasteiger partial charge in [0.25, 0.3) is 0 Å².